The largest absolute Gasteiger partial charge is 0.370 e. The van der Waals surface area contributed by atoms with Gasteiger partial charge in [-0.2, -0.15) is 0 Å². The van der Waals surface area contributed by atoms with E-state index < -0.39 is 0 Å². The van der Waals surface area contributed by atoms with E-state index >= 15 is 0 Å². The fraction of sp³-hybridized carbons (Fsp3) is 0.400. The van der Waals surface area contributed by atoms with Crippen molar-refractivity contribution >= 4 is 5.96 Å². The van der Waals surface area contributed by atoms with Crippen molar-refractivity contribution in [3.05, 3.63) is 47.8 Å². The quantitative estimate of drug-likeness (QED) is 0.497. The Morgan fingerprint density at radius 3 is 2.63 bits per heavy atom. The Labute approximate surface area is 113 Å². The molecule has 0 saturated heterocycles. The first-order valence-corrected chi connectivity index (χ1v) is 6.51. The average molecular weight is 261 g/mol. The number of hydrogen-bond acceptors (Lipinski definition) is 1. The van der Waals surface area contributed by atoms with Gasteiger partial charge in [0.1, 0.15) is 5.82 Å². The number of nitrogens with zero attached hydrogens (tertiary/aromatic N) is 1. The highest BCUT2D eigenvalue weighted by atomic mass is 19.1. The van der Waals surface area contributed by atoms with Crippen LogP contribution in [0.3, 0.4) is 0 Å². The molecule has 0 bridgehead atoms. The van der Waals surface area contributed by atoms with Crippen LogP contribution in [0.2, 0.25) is 0 Å². The van der Waals surface area contributed by atoms with Crippen LogP contribution in [0.5, 0.6) is 0 Å². The highest BCUT2D eigenvalue weighted by molar-refractivity contribution is 5.78. The molecule has 19 heavy (non-hydrogen) atoms. The molecule has 3 nitrogen and oxygen atoms in total. The Morgan fingerprint density at radius 1 is 1.42 bits per heavy atom. The molecule has 1 fully saturated rings. The monoisotopic (exact) mass is 261 g/mol. The predicted molar refractivity (Wildman–Crippen MR) is 76.6 cm³/mol. The van der Waals surface area contributed by atoms with Crippen molar-refractivity contribution in [3.63, 3.8) is 0 Å². The maximum Gasteiger partial charge on any atom is 0.189 e. The molecule has 0 radical (unpaired) electrons. The van der Waals surface area contributed by atoms with Gasteiger partial charge in [-0.15, -0.1) is 0 Å². The Morgan fingerprint density at radius 2 is 2.05 bits per heavy atom. The van der Waals surface area contributed by atoms with E-state index in [-0.39, 0.29) is 5.82 Å². The van der Waals surface area contributed by atoms with Gasteiger partial charge in [-0.3, -0.25) is 0 Å². The van der Waals surface area contributed by atoms with Gasteiger partial charge in [0.05, 0.1) is 6.54 Å². The Kier molecular flexibility index (Phi) is 4.20. The van der Waals surface area contributed by atoms with Crippen LogP contribution in [0.25, 0.3) is 0 Å². The second-order valence-corrected chi connectivity index (χ2v) is 5.22. The fourth-order valence-corrected chi connectivity index (χ4v) is 2.22. The van der Waals surface area contributed by atoms with Crippen LogP contribution in [0, 0.1) is 5.82 Å². The van der Waals surface area contributed by atoms with Crippen molar-refractivity contribution in [3.8, 4) is 0 Å². The van der Waals surface area contributed by atoms with Crippen molar-refractivity contribution in [2.75, 3.05) is 6.54 Å². The SMILES string of the molecule is C=C(C)CN=C(N)NC1CC(c2ccc(F)cc2)C1. The molecule has 102 valence electrons. The molecule has 1 saturated carbocycles. The lowest BCUT2D eigenvalue weighted by molar-refractivity contribution is 0.323. The summed E-state index contributed by atoms with van der Waals surface area (Å²) in [5.74, 6) is 0.784. The normalized spacial score (nSPS) is 22.7. The molecule has 3 N–H and O–H groups in total. The second-order valence-electron chi connectivity index (χ2n) is 5.22. The molecular formula is C15H20FN3. The van der Waals surface area contributed by atoms with Crippen molar-refractivity contribution in [2.24, 2.45) is 10.7 Å². The number of nitrogens with two attached hydrogens (primary N) is 1. The summed E-state index contributed by atoms with van der Waals surface area (Å²) in [6, 6.07) is 7.10. The van der Waals surface area contributed by atoms with E-state index in [1.165, 1.54) is 17.7 Å². The molecule has 0 atom stereocenters. The van der Waals surface area contributed by atoms with Crippen LogP contribution in [0.15, 0.2) is 41.4 Å². The number of aliphatic imine (C=N–C) groups is 1. The highest BCUT2D eigenvalue weighted by Crippen LogP contribution is 2.36. The summed E-state index contributed by atoms with van der Waals surface area (Å²) in [6.07, 6.45) is 2.02. The van der Waals surface area contributed by atoms with Crippen LogP contribution < -0.4 is 11.1 Å². The summed E-state index contributed by atoms with van der Waals surface area (Å²) in [6.45, 7) is 6.26. The smallest absolute Gasteiger partial charge is 0.189 e. The fourth-order valence-electron chi connectivity index (χ4n) is 2.22. The van der Waals surface area contributed by atoms with E-state index in [0.717, 1.165) is 18.4 Å². The number of nitrogens with one attached hydrogen (secondary N) is 1. The van der Waals surface area contributed by atoms with Gasteiger partial charge in [-0.1, -0.05) is 24.3 Å². The van der Waals surface area contributed by atoms with Crippen LogP contribution in [-0.2, 0) is 0 Å². The summed E-state index contributed by atoms with van der Waals surface area (Å²) in [5, 5.41) is 3.20. The van der Waals surface area contributed by atoms with Gasteiger partial charge in [-0.25, -0.2) is 9.38 Å². The maximum atomic E-state index is 12.8. The summed E-state index contributed by atoms with van der Waals surface area (Å²) in [7, 11) is 0. The van der Waals surface area contributed by atoms with Crippen molar-refractivity contribution in [1.29, 1.82) is 0 Å². The van der Waals surface area contributed by atoms with Gasteiger partial charge >= 0.3 is 0 Å². The number of benzene rings is 1. The molecule has 0 aliphatic heterocycles. The third-order valence-corrected chi connectivity index (χ3v) is 3.35. The maximum absolute atomic E-state index is 12.8. The zero-order valence-corrected chi connectivity index (χ0v) is 11.2. The molecule has 0 amide bonds. The third kappa shape index (κ3) is 3.81. The van der Waals surface area contributed by atoms with Crippen LogP contribution >= 0.6 is 0 Å². The van der Waals surface area contributed by atoms with Crippen molar-refractivity contribution in [1.82, 2.24) is 5.32 Å². The van der Waals surface area contributed by atoms with Gasteiger partial charge in [-0.05, 0) is 43.4 Å². The molecular weight excluding hydrogens is 241 g/mol. The zero-order valence-electron chi connectivity index (χ0n) is 11.2. The highest BCUT2D eigenvalue weighted by Gasteiger charge is 2.30. The summed E-state index contributed by atoms with van der Waals surface area (Å²) in [5.41, 5.74) is 7.96. The van der Waals surface area contributed by atoms with Crippen LogP contribution in [0.1, 0.15) is 31.2 Å². The minimum atomic E-state index is -0.186. The molecule has 1 aromatic rings. The topological polar surface area (TPSA) is 50.4 Å². The third-order valence-electron chi connectivity index (χ3n) is 3.35. The zero-order chi connectivity index (χ0) is 13.8. The van der Waals surface area contributed by atoms with Crippen LogP contribution in [-0.4, -0.2) is 18.5 Å². The van der Waals surface area contributed by atoms with Gasteiger partial charge in [0.25, 0.3) is 0 Å². The van der Waals surface area contributed by atoms with Gasteiger partial charge in [0, 0.05) is 6.04 Å². The summed E-state index contributed by atoms with van der Waals surface area (Å²) >= 11 is 0. The molecule has 4 heteroatoms. The predicted octanol–water partition coefficient (Wildman–Crippen LogP) is 2.55. The lowest BCUT2D eigenvalue weighted by Crippen LogP contribution is -2.46. The molecule has 1 aliphatic carbocycles. The first kappa shape index (κ1) is 13.6. The van der Waals surface area contributed by atoms with E-state index in [4.69, 9.17) is 5.73 Å². The Bertz CT molecular complexity index is 473. The molecule has 0 aromatic heterocycles. The van der Waals surface area contributed by atoms with Gasteiger partial charge < -0.3 is 11.1 Å². The first-order chi connectivity index (χ1) is 9.04. The minimum Gasteiger partial charge on any atom is -0.370 e. The second kappa shape index (κ2) is 5.87. The number of guanidine groups is 1. The summed E-state index contributed by atoms with van der Waals surface area (Å²) < 4.78 is 12.8. The lowest BCUT2D eigenvalue weighted by Gasteiger charge is -2.36. The molecule has 0 spiro atoms. The Balaban J connectivity index is 1.78. The molecule has 1 aliphatic rings. The standard InChI is InChI=1S/C15H20FN3/c1-10(2)9-18-15(17)19-14-7-12(8-14)11-3-5-13(16)6-4-11/h3-6,12,14H,1,7-9H2,2H3,(H3,17,18,19). The molecule has 1 aromatic carbocycles. The van der Waals surface area contributed by atoms with Crippen molar-refractivity contribution in [2.45, 2.75) is 31.7 Å². The van der Waals surface area contributed by atoms with E-state index in [1.54, 1.807) is 0 Å². The summed E-state index contributed by atoms with van der Waals surface area (Å²) in [4.78, 5) is 4.19. The van der Waals surface area contributed by atoms with Crippen molar-refractivity contribution < 1.29 is 4.39 Å². The minimum absolute atomic E-state index is 0.186. The van der Waals surface area contributed by atoms with E-state index in [2.05, 4.69) is 16.9 Å². The van der Waals surface area contributed by atoms with E-state index in [0.29, 0.717) is 24.5 Å². The number of halogens is 1. The molecule has 0 unspecified atom stereocenters. The van der Waals surface area contributed by atoms with Gasteiger partial charge in [0.2, 0.25) is 0 Å². The van der Waals surface area contributed by atoms with Gasteiger partial charge in [0.15, 0.2) is 5.96 Å². The Hall–Kier alpha value is -1.84. The lowest BCUT2D eigenvalue weighted by atomic mass is 9.76. The first-order valence-electron chi connectivity index (χ1n) is 6.51. The number of rotatable bonds is 4. The molecule has 2 rings (SSSR count). The van der Waals surface area contributed by atoms with Crippen LogP contribution in [0.4, 0.5) is 4.39 Å². The van der Waals surface area contributed by atoms with E-state index in [9.17, 15) is 4.39 Å². The van der Waals surface area contributed by atoms with E-state index in [1.807, 2.05) is 19.1 Å². The number of hydrogen-bond donors (Lipinski definition) is 2. The average Bonchev–Trinajstić information content (AvgIpc) is 2.32. The molecule has 0 heterocycles.